The molecular weight excluding hydrogens is 396 g/mol. The van der Waals surface area contributed by atoms with E-state index >= 15 is 0 Å². The molecule has 3 rings (SSSR count). The van der Waals surface area contributed by atoms with E-state index in [2.05, 4.69) is 36.8 Å². The summed E-state index contributed by atoms with van der Waals surface area (Å²) in [4.78, 5) is 38.0. The van der Waals surface area contributed by atoms with E-state index in [4.69, 9.17) is 4.74 Å². The molecule has 1 aliphatic heterocycles. The number of urea groups is 1. The molecule has 2 aliphatic rings. The lowest BCUT2D eigenvalue weighted by Gasteiger charge is -2.41. The van der Waals surface area contributed by atoms with Crippen molar-refractivity contribution < 1.29 is 19.1 Å². The van der Waals surface area contributed by atoms with Gasteiger partial charge >= 0.3 is 6.03 Å². The smallest absolute Gasteiger partial charge is 0.344 e. The molecule has 0 radical (unpaired) electrons. The standard InChI is InChI=1S/C23H34N4O4/c1-22(2,3)17-8-6-7-9-18(17)24-14-19(28)26-27-20(29)23(4,25-21(27)30)15-10-12-16(31-5)13-11-15/h10-13,17-18,24H,6-9,14H2,1-5H3,(H,25,30)(H,26,28). The van der Waals surface area contributed by atoms with E-state index in [9.17, 15) is 14.4 Å². The van der Waals surface area contributed by atoms with E-state index in [-0.39, 0.29) is 18.0 Å². The Morgan fingerprint density at radius 1 is 1.19 bits per heavy atom. The van der Waals surface area contributed by atoms with Crippen LogP contribution in [0.4, 0.5) is 4.79 Å². The maximum atomic E-state index is 13.0. The molecule has 170 valence electrons. The van der Waals surface area contributed by atoms with E-state index in [1.54, 1.807) is 38.3 Å². The fourth-order valence-corrected chi connectivity index (χ4v) is 4.66. The number of hydrazine groups is 1. The Labute approximate surface area is 184 Å². The quantitative estimate of drug-likeness (QED) is 0.603. The van der Waals surface area contributed by atoms with Gasteiger partial charge in [0.05, 0.1) is 13.7 Å². The fraction of sp³-hybridized carbons (Fsp3) is 0.609. The first-order valence-corrected chi connectivity index (χ1v) is 10.9. The Balaban J connectivity index is 1.62. The Morgan fingerprint density at radius 3 is 2.45 bits per heavy atom. The van der Waals surface area contributed by atoms with E-state index in [0.717, 1.165) is 24.3 Å². The highest BCUT2D eigenvalue weighted by molar-refractivity contribution is 6.08. The van der Waals surface area contributed by atoms with Gasteiger partial charge in [0.15, 0.2) is 0 Å². The van der Waals surface area contributed by atoms with Crippen LogP contribution in [0.25, 0.3) is 0 Å². The second-order valence-corrected chi connectivity index (χ2v) is 9.70. The van der Waals surface area contributed by atoms with Crippen molar-refractivity contribution in [2.45, 2.75) is 65.0 Å². The lowest BCUT2D eigenvalue weighted by molar-refractivity contribution is -0.138. The van der Waals surface area contributed by atoms with Crippen LogP contribution < -0.4 is 20.8 Å². The van der Waals surface area contributed by atoms with Crippen molar-refractivity contribution in [2.24, 2.45) is 11.3 Å². The molecule has 8 nitrogen and oxygen atoms in total. The minimum absolute atomic E-state index is 0.0492. The van der Waals surface area contributed by atoms with Crippen LogP contribution in [0.15, 0.2) is 24.3 Å². The number of carbonyl (C=O) groups excluding carboxylic acids is 3. The molecule has 1 saturated heterocycles. The molecule has 1 aromatic carbocycles. The highest BCUT2D eigenvalue weighted by Crippen LogP contribution is 2.38. The predicted molar refractivity (Wildman–Crippen MR) is 117 cm³/mol. The first-order valence-electron chi connectivity index (χ1n) is 10.9. The van der Waals surface area contributed by atoms with Crippen LogP contribution in [0.2, 0.25) is 0 Å². The SMILES string of the molecule is COc1ccc(C2(C)NC(=O)N(NC(=O)CNC3CCCCC3C(C)(C)C)C2=O)cc1. The van der Waals surface area contributed by atoms with Crippen LogP contribution in [0.1, 0.15) is 58.9 Å². The first kappa shape index (κ1) is 23.1. The number of hydrogen-bond acceptors (Lipinski definition) is 5. The number of imide groups is 1. The fourth-order valence-electron chi connectivity index (χ4n) is 4.66. The van der Waals surface area contributed by atoms with Crippen LogP contribution in [0, 0.1) is 11.3 Å². The van der Waals surface area contributed by atoms with Gasteiger partial charge in [0, 0.05) is 6.04 Å². The van der Waals surface area contributed by atoms with E-state index in [1.807, 2.05) is 0 Å². The summed E-state index contributed by atoms with van der Waals surface area (Å²) in [6, 6.07) is 6.48. The zero-order valence-electron chi connectivity index (χ0n) is 19.1. The number of hydrogen-bond donors (Lipinski definition) is 3. The van der Waals surface area contributed by atoms with Crippen molar-refractivity contribution in [3.8, 4) is 5.75 Å². The zero-order chi connectivity index (χ0) is 22.8. The monoisotopic (exact) mass is 430 g/mol. The van der Waals surface area contributed by atoms with Gasteiger partial charge in [-0.2, -0.15) is 5.01 Å². The number of nitrogens with one attached hydrogen (secondary N) is 3. The minimum Gasteiger partial charge on any atom is -0.497 e. The van der Waals surface area contributed by atoms with Crippen LogP contribution in [-0.2, 0) is 15.1 Å². The normalized spacial score (nSPS) is 26.5. The molecular formula is C23H34N4O4. The van der Waals surface area contributed by atoms with Gasteiger partial charge in [-0.25, -0.2) is 4.79 Å². The largest absolute Gasteiger partial charge is 0.497 e. The van der Waals surface area contributed by atoms with Gasteiger partial charge in [-0.05, 0) is 48.8 Å². The lowest BCUT2D eigenvalue weighted by Crippen LogP contribution is -2.52. The molecule has 0 bridgehead atoms. The molecule has 1 aromatic rings. The summed E-state index contributed by atoms with van der Waals surface area (Å²) in [7, 11) is 1.56. The zero-order valence-corrected chi connectivity index (χ0v) is 19.1. The molecule has 3 N–H and O–H groups in total. The predicted octanol–water partition coefficient (Wildman–Crippen LogP) is 2.69. The van der Waals surface area contributed by atoms with Crippen molar-refractivity contribution in [2.75, 3.05) is 13.7 Å². The summed E-state index contributed by atoms with van der Waals surface area (Å²) >= 11 is 0. The average Bonchev–Trinajstić information content (AvgIpc) is 2.95. The molecule has 31 heavy (non-hydrogen) atoms. The highest BCUT2D eigenvalue weighted by atomic mass is 16.5. The van der Waals surface area contributed by atoms with E-state index in [1.165, 1.54) is 6.42 Å². The van der Waals surface area contributed by atoms with Crippen molar-refractivity contribution in [1.82, 2.24) is 21.1 Å². The number of rotatable bonds is 6. The number of benzene rings is 1. The minimum atomic E-state index is -1.26. The van der Waals surface area contributed by atoms with E-state index < -0.39 is 23.4 Å². The number of amides is 4. The number of nitrogens with zero attached hydrogens (tertiary/aromatic N) is 1. The van der Waals surface area contributed by atoms with Crippen molar-refractivity contribution in [3.63, 3.8) is 0 Å². The molecule has 1 aliphatic carbocycles. The number of ether oxygens (including phenoxy) is 1. The molecule has 8 heteroatoms. The van der Waals surface area contributed by atoms with Gasteiger partial charge in [-0.1, -0.05) is 45.7 Å². The summed E-state index contributed by atoms with van der Waals surface area (Å²) in [5.74, 6) is 0.183. The summed E-state index contributed by atoms with van der Waals surface area (Å²) in [6.45, 7) is 8.35. The average molecular weight is 431 g/mol. The Kier molecular flexibility index (Phi) is 6.59. The summed E-state index contributed by atoms with van der Waals surface area (Å²) in [5.41, 5.74) is 1.97. The number of carbonyl (C=O) groups is 3. The third kappa shape index (κ3) is 4.84. The van der Waals surface area contributed by atoms with E-state index in [0.29, 0.717) is 17.2 Å². The van der Waals surface area contributed by atoms with Gasteiger partial charge in [0.2, 0.25) is 0 Å². The molecule has 0 aromatic heterocycles. The molecule has 3 atom stereocenters. The van der Waals surface area contributed by atoms with Crippen molar-refractivity contribution in [3.05, 3.63) is 29.8 Å². The Morgan fingerprint density at radius 2 is 1.84 bits per heavy atom. The molecule has 1 saturated carbocycles. The maximum Gasteiger partial charge on any atom is 0.344 e. The number of methoxy groups -OCH3 is 1. The Hall–Kier alpha value is -2.61. The second-order valence-electron chi connectivity index (χ2n) is 9.70. The molecule has 1 heterocycles. The lowest BCUT2D eigenvalue weighted by atomic mass is 9.69. The van der Waals surface area contributed by atoms with Gasteiger partial charge in [0.25, 0.3) is 11.8 Å². The van der Waals surface area contributed by atoms with Gasteiger partial charge in [-0.15, -0.1) is 0 Å². The van der Waals surface area contributed by atoms with Crippen LogP contribution in [0.5, 0.6) is 5.75 Å². The second kappa shape index (κ2) is 8.86. The van der Waals surface area contributed by atoms with Crippen LogP contribution in [-0.4, -0.2) is 42.6 Å². The molecule has 0 spiro atoms. The Bertz CT molecular complexity index is 833. The van der Waals surface area contributed by atoms with Gasteiger partial charge in [-0.3, -0.25) is 15.0 Å². The molecule has 4 amide bonds. The molecule has 3 unspecified atom stereocenters. The summed E-state index contributed by atoms with van der Waals surface area (Å²) in [5, 5.41) is 6.81. The van der Waals surface area contributed by atoms with Crippen molar-refractivity contribution >= 4 is 17.8 Å². The third-order valence-electron chi connectivity index (χ3n) is 6.50. The molecule has 2 fully saturated rings. The summed E-state index contributed by atoms with van der Waals surface area (Å²) < 4.78 is 5.15. The van der Waals surface area contributed by atoms with Crippen molar-refractivity contribution in [1.29, 1.82) is 0 Å². The highest BCUT2D eigenvalue weighted by Gasteiger charge is 2.50. The topological polar surface area (TPSA) is 99.8 Å². The maximum absolute atomic E-state index is 13.0. The van der Waals surface area contributed by atoms with Crippen LogP contribution >= 0.6 is 0 Å². The van der Waals surface area contributed by atoms with Crippen LogP contribution in [0.3, 0.4) is 0 Å². The van der Waals surface area contributed by atoms with Gasteiger partial charge in [0.1, 0.15) is 11.3 Å². The van der Waals surface area contributed by atoms with Gasteiger partial charge < -0.3 is 15.4 Å². The first-order chi connectivity index (χ1) is 14.6. The summed E-state index contributed by atoms with van der Waals surface area (Å²) in [6.07, 6.45) is 4.50. The third-order valence-corrected chi connectivity index (χ3v) is 6.50.